The topological polar surface area (TPSA) is 100 Å². The SMILES string of the molecule is CCOC(=O)Cc1ccc(NC(=O)NC2N=C(c3ccccc3F)c3ccccc3N(C)C2=O)cc1. The maximum atomic E-state index is 14.7. The number of nitrogens with zero attached hydrogens (tertiary/aromatic N) is 2. The van der Waals surface area contributed by atoms with E-state index in [1.54, 1.807) is 80.7 Å². The zero-order valence-electron chi connectivity index (χ0n) is 19.8. The van der Waals surface area contributed by atoms with E-state index < -0.39 is 23.9 Å². The quantitative estimate of drug-likeness (QED) is 0.514. The van der Waals surface area contributed by atoms with Crippen molar-refractivity contribution in [3.05, 3.63) is 95.3 Å². The van der Waals surface area contributed by atoms with Gasteiger partial charge in [0.1, 0.15) is 5.82 Å². The normalized spacial score (nSPS) is 14.9. The van der Waals surface area contributed by atoms with Gasteiger partial charge in [-0.3, -0.25) is 9.59 Å². The lowest BCUT2D eigenvalue weighted by Gasteiger charge is -2.21. The van der Waals surface area contributed by atoms with Crippen LogP contribution in [-0.4, -0.2) is 43.4 Å². The van der Waals surface area contributed by atoms with Crippen LogP contribution in [-0.2, 0) is 20.7 Å². The first-order chi connectivity index (χ1) is 17.4. The number of carbonyl (C=O) groups excluding carboxylic acids is 3. The molecule has 0 aliphatic carbocycles. The summed E-state index contributed by atoms with van der Waals surface area (Å²) < 4.78 is 19.7. The molecule has 9 heteroatoms. The molecule has 0 fully saturated rings. The highest BCUT2D eigenvalue weighted by atomic mass is 19.1. The molecule has 1 unspecified atom stereocenters. The molecule has 0 radical (unpaired) electrons. The number of benzene rings is 3. The zero-order valence-corrected chi connectivity index (χ0v) is 19.8. The Morgan fingerprint density at radius 3 is 2.36 bits per heavy atom. The van der Waals surface area contributed by atoms with Crippen molar-refractivity contribution < 1.29 is 23.5 Å². The molecule has 1 atom stereocenters. The zero-order chi connectivity index (χ0) is 25.7. The van der Waals surface area contributed by atoms with Gasteiger partial charge in [0.15, 0.2) is 0 Å². The number of rotatable bonds is 6. The first-order valence-corrected chi connectivity index (χ1v) is 11.4. The van der Waals surface area contributed by atoms with Crippen LogP contribution in [0.25, 0.3) is 0 Å². The van der Waals surface area contributed by atoms with E-state index in [0.717, 1.165) is 5.56 Å². The average molecular weight is 489 g/mol. The standard InChI is InChI=1S/C27H25FN4O4/c1-3-36-23(33)16-17-12-14-18(15-13-17)29-27(35)31-25-26(34)32(2)22-11-7-5-9-20(22)24(30-25)19-8-4-6-10-21(19)28/h4-15,25H,3,16H2,1-2H3,(H2,29,31,35). The van der Waals surface area contributed by atoms with Crippen molar-refractivity contribution >= 4 is 35.0 Å². The van der Waals surface area contributed by atoms with Crippen molar-refractivity contribution in [1.29, 1.82) is 0 Å². The Morgan fingerprint density at radius 2 is 1.67 bits per heavy atom. The van der Waals surface area contributed by atoms with Gasteiger partial charge >= 0.3 is 12.0 Å². The average Bonchev–Trinajstić information content (AvgIpc) is 2.96. The number of benzodiazepines with no additional fused rings is 1. The molecule has 4 rings (SSSR count). The number of urea groups is 1. The first kappa shape index (κ1) is 24.6. The summed E-state index contributed by atoms with van der Waals surface area (Å²) in [6.07, 6.45) is -1.17. The number of hydrogen-bond donors (Lipinski definition) is 2. The van der Waals surface area contributed by atoms with Crippen LogP contribution < -0.4 is 15.5 Å². The summed E-state index contributed by atoms with van der Waals surface area (Å²) in [5.41, 5.74) is 2.78. The van der Waals surface area contributed by atoms with Gasteiger partial charge in [0.25, 0.3) is 5.91 Å². The second-order valence-corrected chi connectivity index (χ2v) is 8.05. The second-order valence-electron chi connectivity index (χ2n) is 8.05. The van der Waals surface area contributed by atoms with E-state index in [9.17, 15) is 18.8 Å². The van der Waals surface area contributed by atoms with Gasteiger partial charge in [0.05, 0.1) is 24.4 Å². The van der Waals surface area contributed by atoms with Gasteiger partial charge in [-0.25, -0.2) is 14.2 Å². The van der Waals surface area contributed by atoms with Crippen LogP contribution in [0.5, 0.6) is 0 Å². The summed E-state index contributed by atoms with van der Waals surface area (Å²) in [4.78, 5) is 43.5. The smallest absolute Gasteiger partial charge is 0.321 e. The summed E-state index contributed by atoms with van der Waals surface area (Å²) in [5, 5.41) is 5.24. The number of anilines is 2. The minimum absolute atomic E-state index is 0.122. The predicted octanol–water partition coefficient (Wildman–Crippen LogP) is 3.89. The number of halogens is 1. The molecule has 8 nitrogen and oxygen atoms in total. The molecule has 1 heterocycles. The molecule has 3 aromatic carbocycles. The van der Waals surface area contributed by atoms with E-state index in [1.165, 1.54) is 11.0 Å². The maximum Gasteiger partial charge on any atom is 0.321 e. The second kappa shape index (κ2) is 10.8. The van der Waals surface area contributed by atoms with E-state index in [4.69, 9.17) is 4.74 Å². The molecule has 0 bridgehead atoms. The number of ether oxygens (including phenoxy) is 1. The molecule has 2 N–H and O–H groups in total. The number of fused-ring (bicyclic) bond motifs is 1. The van der Waals surface area contributed by atoms with Gasteiger partial charge in [-0.15, -0.1) is 0 Å². The van der Waals surface area contributed by atoms with Gasteiger partial charge in [-0.2, -0.15) is 0 Å². The fraction of sp³-hybridized carbons (Fsp3) is 0.185. The number of hydrogen-bond acceptors (Lipinski definition) is 5. The van der Waals surface area contributed by atoms with Crippen LogP contribution in [0.4, 0.5) is 20.6 Å². The molecule has 0 aromatic heterocycles. The van der Waals surface area contributed by atoms with Gasteiger partial charge in [-0.1, -0.05) is 42.5 Å². The van der Waals surface area contributed by atoms with Crippen LogP contribution in [0.2, 0.25) is 0 Å². The Kier molecular flexibility index (Phi) is 7.39. The Labute approximate surface area is 207 Å². The Bertz CT molecular complexity index is 1320. The largest absolute Gasteiger partial charge is 0.466 e. The third kappa shape index (κ3) is 5.41. The maximum absolute atomic E-state index is 14.7. The van der Waals surface area contributed by atoms with E-state index in [2.05, 4.69) is 15.6 Å². The van der Waals surface area contributed by atoms with Gasteiger partial charge in [-0.05, 0) is 42.8 Å². The Balaban J connectivity index is 1.56. The summed E-state index contributed by atoms with van der Waals surface area (Å²) in [5.74, 6) is -1.31. The number of aliphatic imine (C=N–C) groups is 1. The highest BCUT2D eigenvalue weighted by Crippen LogP contribution is 2.28. The van der Waals surface area contributed by atoms with Crippen molar-refractivity contribution in [2.75, 3.05) is 23.9 Å². The molecular weight excluding hydrogens is 463 g/mol. The molecule has 0 saturated heterocycles. The van der Waals surface area contributed by atoms with Crippen molar-refractivity contribution in [2.45, 2.75) is 19.5 Å². The number of esters is 1. The van der Waals surface area contributed by atoms with Gasteiger partial charge < -0.3 is 20.3 Å². The van der Waals surface area contributed by atoms with E-state index in [0.29, 0.717) is 23.5 Å². The third-order valence-corrected chi connectivity index (χ3v) is 5.61. The van der Waals surface area contributed by atoms with Crippen LogP contribution in [0.15, 0.2) is 77.8 Å². The fourth-order valence-corrected chi connectivity index (χ4v) is 3.86. The first-order valence-electron chi connectivity index (χ1n) is 11.4. The molecule has 36 heavy (non-hydrogen) atoms. The fourth-order valence-electron chi connectivity index (χ4n) is 3.86. The molecule has 184 valence electrons. The predicted molar refractivity (Wildman–Crippen MR) is 135 cm³/mol. The molecule has 3 aromatic rings. The van der Waals surface area contributed by atoms with Crippen LogP contribution in [0.3, 0.4) is 0 Å². The monoisotopic (exact) mass is 488 g/mol. The number of para-hydroxylation sites is 1. The molecular formula is C27H25FN4O4. The molecule has 0 spiro atoms. The minimum Gasteiger partial charge on any atom is -0.466 e. The number of likely N-dealkylation sites (N-methyl/N-ethyl adjacent to an activating group) is 1. The van der Waals surface area contributed by atoms with E-state index in [-0.39, 0.29) is 23.7 Å². The molecule has 1 aliphatic heterocycles. The van der Waals surface area contributed by atoms with Gasteiger partial charge in [0.2, 0.25) is 6.17 Å². The van der Waals surface area contributed by atoms with Crippen LogP contribution >= 0.6 is 0 Å². The van der Waals surface area contributed by atoms with Crippen LogP contribution in [0, 0.1) is 5.82 Å². The van der Waals surface area contributed by atoms with Crippen molar-refractivity contribution in [2.24, 2.45) is 4.99 Å². The lowest BCUT2D eigenvalue weighted by molar-refractivity contribution is -0.142. The molecule has 1 aliphatic rings. The van der Waals surface area contributed by atoms with Crippen molar-refractivity contribution in [3.63, 3.8) is 0 Å². The third-order valence-electron chi connectivity index (χ3n) is 5.61. The highest BCUT2D eigenvalue weighted by Gasteiger charge is 2.31. The Hall–Kier alpha value is -4.53. The number of carbonyl (C=O) groups is 3. The van der Waals surface area contributed by atoms with E-state index in [1.807, 2.05) is 0 Å². The summed E-state index contributed by atoms with van der Waals surface area (Å²) in [6, 6.07) is 19.2. The molecule has 0 saturated carbocycles. The lowest BCUT2D eigenvalue weighted by atomic mass is 10.00. The summed E-state index contributed by atoms with van der Waals surface area (Å²) in [7, 11) is 1.58. The number of nitrogens with one attached hydrogen (secondary N) is 2. The highest BCUT2D eigenvalue weighted by molar-refractivity contribution is 6.20. The minimum atomic E-state index is -1.29. The Morgan fingerprint density at radius 1 is 1.00 bits per heavy atom. The van der Waals surface area contributed by atoms with Gasteiger partial charge in [0, 0.05) is 23.9 Å². The molecule has 3 amide bonds. The summed E-state index contributed by atoms with van der Waals surface area (Å²) in [6.45, 7) is 2.04. The summed E-state index contributed by atoms with van der Waals surface area (Å²) >= 11 is 0. The lowest BCUT2D eigenvalue weighted by Crippen LogP contribution is -2.47. The van der Waals surface area contributed by atoms with Crippen molar-refractivity contribution in [1.82, 2.24) is 5.32 Å². The van der Waals surface area contributed by atoms with Crippen LogP contribution in [0.1, 0.15) is 23.6 Å². The number of amides is 3. The van der Waals surface area contributed by atoms with E-state index >= 15 is 0 Å². The van der Waals surface area contributed by atoms with Crippen molar-refractivity contribution in [3.8, 4) is 0 Å².